The zero-order valence-electron chi connectivity index (χ0n) is 9.49. The van der Waals surface area contributed by atoms with Crippen molar-refractivity contribution in [2.75, 3.05) is 6.54 Å². The molecule has 0 aliphatic rings. The normalized spacial score (nSPS) is 12.7. The molecule has 0 aliphatic carbocycles. The van der Waals surface area contributed by atoms with Crippen LogP contribution in [0.25, 0.3) is 0 Å². The molecule has 1 heterocycles. The molecule has 0 saturated carbocycles. The van der Waals surface area contributed by atoms with Gasteiger partial charge in [0.1, 0.15) is 0 Å². The molecule has 0 aromatic carbocycles. The van der Waals surface area contributed by atoms with Gasteiger partial charge in [-0.05, 0) is 37.3 Å². The minimum Gasteiger partial charge on any atom is -0.308 e. The van der Waals surface area contributed by atoms with Crippen molar-refractivity contribution in [2.45, 2.75) is 39.2 Å². The van der Waals surface area contributed by atoms with E-state index in [1.807, 2.05) is 5.38 Å². The number of rotatable bonds is 7. The maximum Gasteiger partial charge on any atom is 0.0927 e. The van der Waals surface area contributed by atoms with E-state index < -0.39 is 0 Å². The van der Waals surface area contributed by atoms with Crippen molar-refractivity contribution in [3.63, 3.8) is 0 Å². The Morgan fingerprint density at radius 2 is 2.40 bits per heavy atom. The Bertz CT molecular complexity index is 282. The van der Waals surface area contributed by atoms with E-state index in [1.54, 1.807) is 0 Å². The Morgan fingerprint density at radius 3 is 2.93 bits per heavy atom. The highest BCUT2D eigenvalue weighted by Gasteiger charge is 2.13. The maximum atomic E-state index is 4.12. The lowest BCUT2D eigenvalue weighted by atomic mass is 10.0. The summed E-state index contributed by atoms with van der Waals surface area (Å²) in [6.45, 7) is 9.36. The zero-order valence-corrected chi connectivity index (χ0v) is 10.3. The van der Waals surface area contributed by atoms with Gasteiger partial charge in [-0.25, -0.2) is 0 Å². The van der Waals surface area contributed by atoms with Gasteiger partial charge in [0.05, 0.1) is 11.7 Å². The Morgan fingerprint density at radius 1 is 1.60 bits per heavy atom. The van der Waals surface area contributed by atoms with Crippen LogP contribution in [0.15, 0.2) is 17.5 Å². The molecule has 4 heteroatoms. The van der Waals surface area contributed by atoms with Crippen molar-refractivity contribution in [3.05, 3.63) is 23.2 Å². The molecular weight excluding hydrogens is 206 g/mol. The van der Waals surface area contributed by atoms with E-state index in [-0.39, 0.29) is 6.04 Å². The number of nitrogens with one attached hydrogen (secondary N) is 1. The second-order valence-electron chi connectivity index (χ2n) is 3.64. The molecule has 1 unspecified atom stereocenters. The van der Waals surface area contributed by atoms with Gasteiger partial charge in [0.2, 0.25) is 0 Å². The van der Waals surface area contributed by atoms with E-state index in [4.69, 9.17) is 0 Å². The topological polar surface area (TPSA) is 37.8 Å². The summed E-state index contributed by atoms with van der Waals surface area (Å²) in [5.74, 6) is 0. The van der Waals surface area contributed by atoms with E-state index in [1.165, 1.54) is 17.1 Å². The van der Waals surface area contributed by atoms with Crippen LogP contribution in [0.1, 0.15) is 44.8 Å². The van der Waals surface area contributed by atoms with Crippen LogP contribution in [0.4, 0.5) is 0 Å². The molecule has 0 amide bonds. The SMILES string of the molecule is C=C(CC)CC(NCCC)c1csnn1. The van der Waals surface area contributed by atoms with Crippen molar-refractivity contribution in [1.82, 2.24) is 14.9 Å². The summed E-state index contributed by atoms with van der Waals surface area (Å²) < 4.78 is 3.91. The fraction of sp³-hybridized carbons (Fsp3) is 0.636. The number of hydrogen-bond acceptors (Lipinski definition) is 4. The minimum absolute atomic E-state index is 0.288. The van der Waals surface area contributed by atoms with Gasteiger partial charge in [-0.2, -0.15) is 0 Å². The predicted molar refractivity (Wildman–Crippen MR) is 65.0 cm³/mol. The molecule has 1 aromatic rings. The molecule has 0 bridgehead atoms. The average Bonchev–Trinajstić information content (AvgIpc) is 2.77. The van der Waals surface area contributed by atoms with E-state index in [0.29, 0.717) is 0 Å². The third kappa shape index (κ3) is 4.10. The van der Waals surface area contributed by atoms with Crippen LogP contribution in [0.2, 0.25) is 0 Å². The first-order valence-electron chi connectivity index (χ1n) is 5.44. The largest absolute Gasteiger partial charge is 0.308 e. The minimum atomic E-state index is 0.288. The Kier molecular flexibility index (Phi) is 5.50. The fourth-order valence-electron chi connectivity index (χ4n) is 1.36. The van der Waals surface area contributed by atoms with E-state index in [2.05, 4.69) is 35.3 Å². The molecule has 1 N–H and O–H groups in total. The fourth-order valence-corrected chi connectivity index (χ4v) is 1.86. The smallest absolute Gasteiger partial charge is 0.0927 e. The van der Waals surface area contributed by atoms with Crippen LogP contribution in [0.5, 0.6) is 0 Å². The molecule has 1 rings (SSSR count). The second-order valence-corrected chi connectivity index (χ2v) is 4.25. The lowest BCUT2D eigenvalue weighted by molar-refractivity contribution is 0.511. The van der Waals surface area contributed by atoms with Crippen molar-refractivity contribution < 1.29 is 0 Å². The van der Waals surface area contributed by atoms with E-state index in [0.717, 1.165) is 31.5 Å². The van der Waals surface area contributed by atoms with Gasteiger partial charge in [0.25, 0.3) is 0 Å². The van der Waals surface area contributed by atoms with Crippen LogP contribution in [-0.4, -0.2) is 16.1 Å². The summed E-state index contributed by atoms with van der Waals surface area (Å²) in [5.41, 5.74) is 2.31. The van der Waals surface area contributed by atoms with Crippen LogP contribution in [0, 0.1) is 0 Å². The van der Waals surface area contributed by atoms with E-state index in [9.17, 15) is 0 Å². The highest BCUT2D eigenvalue weighted by Crippen LogP contribution is 2.20. The lowest BCUT2D eigenvalue weighted by Gasteiger charge is -2.16. The Labute approximate surface area is 95.8 Å². The standard InChI is InChI=1S/C11H19N3S/c1-4-6-12-10(7-9(3)5-2)11-8-15-14-13-11/h8,10,12H,3-7H2,1-2H3. The summed E-state index contributed by atoms with van der Waals surface area (Å²) in [4.78, 5) is 0. The molecule has 1 aromatic heterocycles. The molecule has 0 saturated heterocycles. The summed E-state index contributed by atoms with van der Waals surface area (Å²) in [6, 6.07) is 0.288. The van der Waals surface area contributed by atoms with Crippen molar-refractivity contribution >= 4 is 11.5 Å². The third-order valence-corrected chi connectivity index (χ3v) is 2.89. The monoisotopic (exact) mass is 225 g/mol. The lowest BCUT2D eigenvalue weighted by Crippen LogP contribution is -2.22. The van der Waals surface area contributed by atoms with Gasteiger partial charge in [-0.15, -0.1) is 5.10 Å². The third-order valence-electron chi connectivity index (χ3n) is 2.37. The van der Waals surface area contributed by atoms with Gasteiger partial charge < -0.3 is 5.32 Å². The number of aromatic nitrogens is 2. The quantitative estimate of drug-likeness (QED) is 0.725. The summed E-state index contributed by atoms with van der Waals surface area (Å²) in [6.07, 6.45) is 3.12. The van der Waals surface area contributed by atoms with Crippen molar-refractivity contribution in [3.8, 4) is 0 Å². The molecule has 84 valence electrons. The van der Waals surface area contributed by atoms with Crippen molar-refractivity contribution in [1.29, 1.82) is 0 Å². The Hall–Kier alpha value is -0.740. The molecule has 15 heavy (non-hydrogen) atoms. The highest BCUT2D eigenvalue weighted by molar-refractivity contribution is 7.03. The first-order valence-corrected chi connectivity index (χ1v) is 6.28. The van der Waals surface area contributed by atoms with Gasteiger partial charge in [0.15, 0.2) is 0 Å². The molecular formula is C11H19N3S. The molecule has 0 radical (unpaired) electrons. The summed E-state index contributed by atoms with van der Waals surface area (Å²) >= 11 is 1.41. The summed E-state index contributed by atoms with van der Waals surface area (Å²) in [5, 5.41) is 9.61. The average molecular weight is 225 g/mol. The van der Waals surface area contributed by atoms with Gasteiger partial charge in [0, 0.05) is 5.38 Å². The van der Waals surface area contributed by atoms with Gasteiger partial charge in [-0.3, -0.25) is 0 Å². The Balaban J connectivity index is 2.57. The van der Waals surface area contributed by atoms with Crippen molar-refractivity contribution in [2.24, 2.45) is 0 Å². The maximum absolute atomic E-state index is 4.12. The molecule has 3 nitrogen and oxygen atoms in total. The highest BCUT2D eigenvalue weighted by atomic mass is 32.1. The molecule has 1 atom stereocenters. The van der Waals surface area contributed by atoms with Gasteiger partial charge in [-0.1, -0.05) is 30.5 Å². The molecule has 0 spiro atoms. The second kappa shape index (κ2) is 6.69. The molecule has 0 aliphatic heterocycles. The number of hydrogen-bond donors (Lipinski definition) is 1. The summed E-state index contributed by atoms with van der Waals surface area (Å²) in [7, 11) is 0. The first-order chi connectivity index (χ1) is 7.27. The first kappa shape index (κ1) is 12.3. The van der Waals surface area contributed by atoms with Gasteiger partial charge >= 0.3 is 0 Å². The predicted octanol–water partition coefficient (Wildman–Crippen LogP) is 2.94. The number of nitrogens with zero attached hydrogens (tertiary/aromatic N) is 2. The van der Waals surface area contributed by atoms with Crippen LogP contribution in [0.3, 0.4) is 0 Å². The zero-order chi connectivity index (χ0) is 11.1. The van der Waals surface area contributed by atoms with E-state index >= 15 is 0 Å². The van der Waals surface area contributed by atoms with Crippen LogP contribution < -0.4 is 5.32 Å². The van der Waals surface area contributed by atoms with Crippen LogP contribution in [-0.2, 0) is 0 Å². The molecule has 0 fully saturated rings. The van der Waals surface area contributed by atoms with Crippen LogP contribution >= 0.6 is 11.5 Å².